The van der Waals surface area contributed by atoms with Gasteiger partial charge in [0.05, 0.1) is 11.3 Å². The monoisotopic (exact) mass is 355 g/mol. The van der Waals surface area contributed by atoms with E-state index in [-0.39, 0.29) is 5.91 Å². The predicted molar refractivity (Wildman–Crippen MR) is 98.5 cm³/mol. The Morgan fingerprint density at radius 3 is 2.58 bits per heavy atom. The van der Waals surface area contributed by atoms with Gasteiger partial charge in [-0.25, -0.2) is 0 Å². The van der Waals surface area contributed by atoms with E-state index in [1.54, 1.807) is 22.8 Å². The molecule has 0 radical (unpaired) electrons. The van der Waals surface area contributed by atoms with Gasteiger partial charge in [-0.3, -0.25) is 19.2 Å². The van der Waals surface area contributed by atoms with Gasteiger partial charge in [0.15, 0.2) is 0 Å². The number of benzene rings is 1. The first kappa shape index (κ1) is 18.1. The van der Waals surface area contributed by atoms with Crippen LogP contribution < -0.4 is 5.73 Å². The molecule has 1 aliphatic heterocycles. The van der Waals surface area contributed by atoms with Crippen LogP contribution in [0.3, 0.4) is 0 Å². The molecule has 0 spiro atoms. The van der Waals surface area contributed by atoms with Crippen molar-refractivity contribution in [3.05, 3.63) is 53.3 Å². The number of carbonyl (C=O) groups excluding carboxylic acids is 2. The zero-order valence-corrected chi connectivity index (χ0v) is 15.3. The van der Waals surface area contributed by atoms with Crippen molar-refractivity contribution in [2.75, 3.05) is 26.2 Å². The third kappa shape index (κ3) is 3.94. The molecule has 1 saturated heterocycles. The summed E-state index contributed by atoms with van der Waals surface area (Å²) in [6.07, 6.45) is 2.57. The molecule has 7 nitrogen and oxygen atoms in total. The number of rotatable bonds is 5. The van der Waals surface area contributed by atoms with E-state index in [2.05, 4.69) is 22.1 Å². The highest BCUT2D eigenvalue weighted by Crippen LogP contribution is 2.16. The number of hydrogen-bond donors (Lipinski definition) is 1. The van der Waals surface area contributed by atoms with Gasteiger partial charge in [-0.2, -0.15) is 5.10 Å². The highest BCUT2D eigenvalue weighted by atomic mass is 16.2. The number of nitrogens with zero attached hydrogens (tertiary/aromatic N) is 4. The number of amides is 2. The highest BCUT2D eigenvalue weighted by molar-refractivity contribution is 5.95. The van der Waals surface area contributed by atoms with Crippen LogP contribution in [0.5, 0.6) is 0 Å². The lowest BCUT2D eigenvalue weighted by molar-refractivity contribution is -0.125. The molecule has 1 aliphatic rings. The number of hydrogen-bond acceptors (Lipinski definition) is 4. The average Bonchev–Trinajstić information content (AvgIpc) is 2.98. The van der Waals surface area contributed by atoms with Crippen LogP contribution in [-0.4, -0.2) is 63.6 Å². The first-order chi connectivity index (χ1) is 12.5. The molecule has 1 fully saturated rings. The topological polar surface area (TPSA) is 84.5 Å². The third-order valence-electron chi connectivity index (χ3n) is 4.88. The van der Waals surface area contributed by atoms with Gasteiger partial charge in [0.1, 0.15) is 6.04 Å². The third-order valence-corrected chi connectivity index (χ3v) is 4.88. The fourth-order valence-corrected chi connectivity index (χ4v) is 3.44. The number of aromatic nitrogens is 2. The maximum Gasteiger partial charge on any atom is 0.257 e. The van der Waals surface area contributed by atoms with Gasteiger partial charge in [0.25, 0.3) is 5.91 Å². The minimum absolute atomic E-state index is 0.0930. The molecule has 26 heavy (non-hydrogen) atoms. The summed E-state index contributed by atoms with van der Waals surface area (Å²) in [6.45, 7) is 4.08. The summed E-state index contributed by atoms with van der Waals surface area (Å²) in [7, 11) is 1.79. The molecule has 2 aromatic rings. The lowest BCUT2D eigenvalue weighted by Gasteiger charge is -2.39. The number of primary amides is 1. The SMILES string of the molecule is Cc1nn(C)cc1C(=O)N1CCN(CCc2ccccc2)C(C(N)=O)C1. The molecule has 0 aliphatic carbocycles. The van der Waals surface area contributed by atoms with Crippen LogP contribution in [0, 0.1) is 6.92 Å². The van der Waals surface area contributed by atoms with Crippen LogP contribution in [0.2, 0.25) is 0 Å². The smallest absolute Gasteiger partial charge is 0.257 e. The molecule has 1 aromatic carbocycles. The normalized spacial score (nSPS) is 18.1. The average molecular weight is 355 g/mol. The van der Waals surface area contributed by atoms with Gasteiger partial charge in [0, 0.05) is 39.4 Å². The van der Waals surface area contributed by atoms with E-state index in [0.29, 0.717) is 30.9 Å². The Bertz CT molecular complexity index is 786. The van der Waals surface area contributed by atoms with Crippen molar-refractivity contribution in [1.82, 2.24) is 19.6 Å². The van der Waals surface area contributed by atoms with Crippen molar-refractivity contribution in [2.45, 2.75) is 19.4 Å². The molecule has 1 atom stereocenters. The number of nitrogens with two attached hydrogens (primary N) is 1. The van der Waals surface area contributed by atoms with E-state index in [1.807, 2.05) is 25.1 Å². The number of carbonyl (C=O) groups is 2. The van der Waals surface area contributed by atoms with Crippen LogP contribution in [0.25, 0.3) is 0 Å². The molecule has 1 unspecified atom stereocenters. The van der Waals surface area contributed by atoms with Crippen LogP contribution >= 0.6 is 0 Å². The number of piperazine rings is 1. The van der Waals surface area contributed by atoms with E-state index in [0.717, 1.165) is 13.0 Å². The van der Waals surface area contributed by atoms with Crippen molar-refractivity contribution >= 4 is 11.8 Å². The maximum atomic E-state index is 12.8. The van der Waals surface area contributed by atoms with Gasteiger partial charge >= 0.3 is 0 Å². The van der Waals surface area contributed by atoms with Gasteiger partial charge in [-0.15, -0.1) is 0 Å². The summed E-state index contributed by atoms with van der Waals surface area (Å²) in [6, 6.07) is 9.68. The van der Waals surface area contributed by atoms with Crippen LogP contribution in [0.1, 0.15) is 21.6 Å². The quantitative estimate of drug-likeness (QED) is 0.850. The summed E-state index contributed by atoms with van der Waals surface area (Å²) in [5, 5.41) is 4.23. The van der Waals surface area contributed by atoms with Crippen molar-refractivity contribution in [1.29, 1.82) is 0 Å². The molecule has 2 N–H and O–H groups in total. The zero-order chi connectivity index (χ0) is 18.7. The maximum absolute atomic E-state index is 12.8. The zero-order valence-electron chi connectivity index (χ0n) is 15.3. The molecule has 1 aromatic heterocycles. The molecule has 138 valence electrons. The minimum atomic E-state index is -0.464. The van der Waals surface area contributed by atoms with E-state index < -0.39 is 11.9 Å². The van der Waals surface area contributed by atoms with Gasteiger partial charge in [-0.05, 0) is 18.9 Å². The lowest BCUT2D eigenvalue weighted by Crippen LogP contribution is -2.59. The summed E-state index contributed by atoms with van der Waals surface area (Å²) >= 11 is 0. The van der Waals surface area contributed by atoms with Crippen LogP contribution in [0.15, 0.2) is 36.5 Å². The minimum Gasteiger partial charge on any atom is -0.368 e. The Morgan fingerprint density at radius 2 is 1.96 bits per heavy atom. The second kappa shape index (κ2) is 7.70. The molecule has 2 amide bonds. The first-order valence-electron chi connectivity index (χ1n) is 8.82. The number of aryl methyl sites for hydroxylation is 2. The van der Waals surface area contributed by atoms with E-state index in [4.69, 9.17) is 5.73 Å². The van der Waals surface area contributed by atoms with Crippen molar-refractivity contribution in [3.63, 3.8) is 0 Å². The standard InChI is InChI=1S/C19H25N5O2/c1-14-16(12-22(2)21-14)19(26)24-11-10-23(17(13-24)18(20)25)9-8-15-6-4-3-5-7-15/h3-7,12,17H,8-11,13H2,1-2H3,(H2,20,25). The van der Waals surface area contributed by atoms with Crippen molar-refractivity contribution < 1.29 is 9.59 Å². The largest absolute Gasteiger partial charge is 0.368 e. The lowest BCUT2D eigenvalue weighted by atomic mass is 10.1. The summed E-state index contributed by atoms with van der Waals surface area (Å²) in [5.41, 5.74) is 8.12. The summed E-state index contributed by atoms with van der Waals surface area (Å²) in [4.78, 5) is 28.6. The summed E-state index contributed by atoms with van der Waals surface area (Å²) < 4.78 is 1.63. The Hall–Kier alpha value is -2.67. The van der Waals surface area contributed by atoms with E-state index >= 15 is 0 Å². The second-order valence-electron chi connectivity index (χ2n) is 6.74. The molecule has 0 bridgehead atoms. The Balaban J connectivity index is 1.67. The van der Waals surface area contributed by atoms with Gasteiger partial charge < -0.3 is 10.6 Å². The van der Waals surface area contributed by atoms with E-state index in [9.17, 15) is 9.59 Å². The molecule has 7 heteroatoms. The van der Waals surface area contributed by atoms with Crippen LogP contribution in [-0.2, 0) is 18.3 Å². The second-order valence-corrected chi connectivity index (χ2v) is 6.74. The Kier molecular flexibility index (Phi) is 5.37. The van der Waals surface area contributed by atoms with E-state index in [1.165, 1.54) is 5.56 Å². The Morgan fingerprint density at radius 1 is 1.23 bits per heavy atom. The highest BCUT2D eigenvalue weighted by Gasteiger charge is 2.33. The predicted octanol–water partition coefficient (Wildman–Crippen LogP) is 0.583. The summed E-state index contributed by atoms with van der Waals surface area (Å²) in [5.74, 6) is -0.483. The van der Waals surface area contributed by atoms with Crippen LogP contribution in [0.4, 0.5) is 0 Å². The van der Waals surface area contributed by atoms with Crippen molar-refractivity contribution in [3.8, 4) is 0 Å². The fraction of sp³-hybridized carbons (Fsp3) is 0.421. The van der Waals surface area contributed by atoms with Gasteiger partial charge in [-0.1, -0.05) is 30.3 Å². The van der Waals surface area contributed by atoms with Gasteiger partial charge in [0.2, 0.25) is 5.91 Å². The molecule has 3 rings (SSSR count). The molecule has 0 saturated carbocycles. The fourth-order valence-electron chi connectivity index (χ4n) is 3.44. The Labute approximate surface area is 153 Å². The molecule has 2 heterocycles. The van der Waals surface area contributed by atoms with Crippen molar-refractivity contribution in [2.24, 2.45) is 12.8 Å². The molecular formula is C19H25N5O2. The molecular weight excluding hydrogens is 330 g/mol. The first-order valence-corrected chi connectivity index (χ1v) is 8.82.